The van der Waals surface area contributed by atoms with Gasteiger partial charge in [0, 0.05) is 18.1 Å². The van der Waals surface area contributed by atoms with Crippen LogP contribution in [0.25, 0.3) is 10.8 Å². The van der Waals surface area contributed by atoms with Crippen molar-refractivity contribution in [1.29, 1.82) is 0 Å². The lowest BCUT2D eigenvalue weighted by molar-refractivity contribution is 0.440. The van der Waals surface area contributed by atoms with Crippen molar-refractivity contribution < 1.29 is 12.8 Å². The molecule has 1 saturated heterocycles. The van der Waals surface area contributed by atoms with Gasteiger partial charge in [-0.25, -0.2) is 8.42 Å². The van der Waals surface area contributed by atoms with E-state index < -0.39 is 10.0 Å². The maximum Gasteiger partial charge on any atom is 0.257 e. The Balaban J connectivity index is 1.52. The summed E-state index contributed by atoms with van der Waals surface area (Å²) >= 11 is 7.36. The molecule has 0 bridgehead atoms. The van der Waals surface area contributed by atoms with E-state index in [2.05, 4.69) is 10.2 Å². The van der Waals surface area contributed by atoms with Gasteiger partial charge >= 0.3 is 0 Å². The van der Waals surface area contributed by atoms with Crippen LogP contribution < -0.4 is 0 Å². The van der Waals surface area contributed by atoms with Crippen LogP contribution in [0.1, 0.15) is 18.2 Å². The Hall–Kier alpha value is -1.74. The van der Waals surface area contributed by atoms with E-state index in [1.54, 1.807) is 12.1 Å². The number of aromatic nitrogens is 2. The molecule has 0 aliphatic carbocycles. The Morgan fingerprint density at radius 2 is 2.00 bits per heavy atom. The highest BCUT2D eigenvalue weighted by Gasteiger charge is 2.35. The summed E-state index contributed by atoms with van der Waals surface area (Å²) in [4.78, 5) is 1.14. The summed E-state index contributed by atoms with van der Waals surface area (Å²) in [6.45, 7) is 0.753. The standard InChI is InChI=1S/C16H14ClN3O3S2/c17-12-3-5-13(6-4-12)25(21,22)20-8-7-11(10-20)15-18-19-16(23-15)14-2-1-9-24-14/h1-6,9,11H,7-8,10H2. The lowest BCUT2D eigenvalue weighted by Gasteiger charge is -2.16. The number of benzene rings is 1. The lowest BCUT2D eigenvalue weighted by atomic mass is 10.1. The van der Waals surface area contributed by atoms with Crippen LogP contribution in [-0.4, -0.2) is 36.0 Å². The minimum absolute atomic E-state index is 0.0942. The van der Waals surface area contributed by atoms with E-state index in [-0.39, 0.29) is 10.8 Å². The zero-order valence-corrected chi connectivity index (χ0v) is 15.4. The third-order valence-electron chi connectivity index (χ3n) is 4.12. The number of rotatable bonds is 4. The van der Waals surface area contributed by atoms with Crippen LogP contribution in [-0.2, 0) is 10.0 Å². The van der Waals surface area contributed by atoms with Crippen molar-refractivity contribution in [2.24, 2.45) is 0 Å². The molecule has 2 aromatic heterocycles. The fourth-order valence-electron chi connectivity index (χ4n) is 2.80. The highest BCUT2D eigenvalue weighted by atomic mass is 35.5. The SMILES string of the molecule is O=S(=O)(c1ccc(Cl)cc1)N1CCC(c2nnc(-c3cccs3)o2)C1. The first-order valence-electron chi connectivity index (χ1n) is 7.67. The molecule has 25 heavy (non-hydrogen) atoms. The molecule has 9 heteroatoms. The fourth-order valence-corrected chi connectivity index (χ4v) is 5.07. The molecule has 0 saturated carbocycles. The molecule has 3 aromatic rings. The smallest absolute Gasteiger partial charge is 0.257 e. The molecule has 0 radical (unpaired) electrons. The average molecular weight is 396 g/mol. The van der Waals surface area contributed by atoms with Gasteiger partial charge in [0.2, 0.25) is 15.9 Å². The van der Waals surface area contributed by atoms with E-state index in [0.29, 0.717) is 36.3 Å². The zero-order valence-electron chi connectivity index (χ0n) is 13.0. The fraction of sp³-hybridized carbons (Fsp3) is 0.250. The molecule has 1 aromatic carbocycles. The number of hydrogen-bond donors (Lipinski definition) is 0. The Morgan fingerprint density at radius 3 is 2.72 bits per heavy atom. The van der Waals surface area contributed by atoms with Crippen LogP contribution in [0.3, 0.4) is 0 Å². The Morgan fingerprint density at radius 1 is 1.20 bits per heavy atom. The first kappa shape index (κ1) is 16.7. The molecular weight excluding hydrogens is 382 g/mol. The topological polar surface area (TPSA) is 76.3 Å². The molecule has 130 valence electrons. The molecule has 4 rings (SSSR count). The maximum absolute atomic E-state index is 12.7. The summed E-state index contributed by atoms with van der Waals surface area (Å²) in [5.74, 6) is 0.865. The van der Waals surface area contributed by atoms with Gasteiger partial charge in [-0.15, -0.1) is 21.5 Å². The number of halogens is 1. The molecule has 1 aliphatic rings. The first-order valence-corrected chi connectivity index (χ1v) is 10.4. The molecule has 6 nitrogen and oxygen atoms in total. The van der Waals surface area contributed by atoms with Gasteiger partial charge < -0.3 is 4.42 Å². The van der Waals surface area contributed by atoms with Crippen molar-refractivity contribution in [2.45, 2.75) is 17.2 Å². The van der Waals surface area contributed by atoms with Crippen LogP contribution in [0.2, 0.25) is 5.02 Å². The summed E-state index contributed by atoms with van der Waals surface area (Å²) in [5.41, 5.74) is 0. The predicted molar refractivity (Wildman–Crippen MR) is 95.2 cm³/mol. The van der Waals surface area contributed by atoms with Gasteiger partial charge in [-0.3, -0.25) is 0 Å². The second-order valence-corrected chi connectivity index (χ2v) is 9.05. The van der Waals surface area contributed by atoms with E-state index in [1.165, 1.54) is 27.8 Å². The normalized spacial score (nSPS) is 18.7. The van der Waals surface area contributed by atoms with Gasteiger partial charge in [0.1, 0.15) is 0 Å². The van der Waals surface area contributed by atoms with E-state index in [9.17, 15) is 8.42 Å². The molecular formula is C16H14ClN3O3S2. The van der Waals surface area contributed by atoms with Crippen LogP contribution in [0.5, 0.6) is 0 Å². The molecule has 0 N–H and O–H groups in total. The zero-order chi connectivity index (χ0) is 17.4. The summed E-state index contributed by atoms with van der Waals surface area (Å²) < 4.78 is 32.7. The van der Waals surface area contributed by atoms with Crippen LogP contribution >= 0.6 is 22.9 Å². The Bertz CT molecular complexity index is 968. The van der Waals surface area contributed by atoms with Crippen molar-refractivity contribution >= 4 is 33.0 Å². The summed E-state index contributed by atoms with van der Waals surface area (Å²) in [6.07, 6.45) is 0.652. The van der Waals surface area contributed by atoms with E-state index in [0.717, 1.165) is 4.88 Å². The molecule has 1 aliphatic heterocycles. The summed E-state index contributed by atoms with van der Waals surface area (Å²) in [6, 6.07) is 10.0. The number of nitrogens with zero attached hydrogens (tertiary/aromatic N) is 3. The van der Waals surface area contributed by atoms with E-state index >= 15 is 0 Å². The minimum atomic E-state index is -3.55. The highest BCUT2D eigenvalue weighted by molar-refractivity contribution is 7.89. The minimum Gasteiger partial charge on any atom is -0.420 e. The summed E-state index contributed by atoms with van der Waals surface area (Å²) in [7, 11) is -3.55. The molecule has 0 amide bonds. The van der Waals surface area contributed by atoms with Crippen molar-refractivity contribution in [3.8, 4) is 10.8 Å². The quantitative estimate of drug-likeness (QED) is 0.674. The highest BCUT2D eigenvalue weighted by Crippen LogP contribution is 2.32. The summed E-state index contributed by atoms with van der Waals surface area (Å²) in [5, 5.41) is 10.6. The first-order chi connectivity index (χ1) is 12.0. The van der Waals surface area contributed by atoms with Crippen molar-refractivity contribution in [3.05, 3.63) is 52.7 Å². The van der Waals surface area contributed by atoms with Gasteiger partial charge in [-0.1, -0.05) is 17.7 Å². The van der Waals surface area contributed by atoms with Gasteiger partial charge in [-0.05, 0) is 42.1 Å². The van der Waals surface area contributed by atoms with Gasteiger partial charge in [0.25, 0.3) is 5.89 Å². The maximum atomic E-state index is 12.7. The van der Waals surface area contributed by atoms with E-state index in [4.69, 9.17) is 16.0 Å². The van der Waals surface area contributed by atoms with Crippen LogP contribution in [0.15, 0.2) is 51.1 Å². The Kier molecular flexibility index (Phi) is 4.36. The monoisotopic (exact) mass is 395 g/mol. The largest absolute Gasteiger partial charge is 0.420 e. The number of hydrogen-bond acceptors (Lipinski definition) is 6. The van der Waals surface area contributed by atoms with Crippen molar-refractivity contribution in [3.63, 3.8) is 0 Å². The van der Waals surface area contributed by atoms with Crippen molar-refractivity contribution in [1.82, 2.24) is 14.5 Å². The Labute approximate surface area is 154 Å². The second kappa shape index (κ2) is 6.53. The second-order valence-electron chi connectivity index (χ2n) is 5.73. The average Bonchev–Trinajstić information content (AvgIpc) is 3.34. The van der Waals surface area contributed by atoms with Gasteiger partial charge in [0.15, 0.2) is 0 Å². The molecule has 1 atom stereocenters. The molecule has 1 unspecified atom stereocenters. The van der Waals surface area contributed by atoms with Gasteiger partial charge in [0.05, 0.1) is 15.7 Å². The van der Waals surface area contributed by atoms with Crippen LogP contribution in [0, 0.1) is 0 Å². The lowest BCUT2D eigenvalue weighted by Crippen LogP contribution is -2.28. The van der Waals surface area contributed by atoms with Gasteiger partial charge in [-0.2, -0.15) is 4.31 Å². The molecule has 3 heterocycles. The van der Waals surface area contributed by atoms with Crippen LogP contribution in [0.4, 0.5) is 0 Å². The van der Waals surface area contributed by atoms with E-state index in [1.807, 2.05) is 17.5 Å². The predicted octanol–water partition coefficient (Wildman–Crippen LogP) is 3.63. The van der Waals surface area contributed by atoms with Crippen molar-refractivity contribution in [2.75, 3.05) is 13.1 Å². The number of thiophene rings is 1. The molecule has 0 spiro atoms. The number of sulfonamides is 1. The third-order valence-corrected chi connectivity index (χ3v) is 7.11. The molecule has 1 fully saturated rings. The third kappa shape index (κ3) is 3.22.